The molecule has 0 bridgehead atoms. The van der Waals surface area contributed by atoms with Crippen molar-refractivity contribution in [1.29, 1.82) is 0 Å². The van der Waals surface area contributed by atoms with Crippen LogP contribution in [0.4, 0.5) is 5.69 Å². The Morgan fingerprint density at radius 3 is 2.91 bits per heavy atom. The summed E-state index contributed by atoms with van der Waals surface area (Å²) in [5.41, 5.74) is 2.50. The van der Waals surface area contributed by atoms with E-state index < -0.39 is 0 Å². The number of aromatic nitrogens is 1. The lowest BCUT2D eigenvalue weighted by atomic mass is 9.92. The van der Waals surface area contributed by atoms with Gasteiger partial charge in [0.15, 0.2) is 0 Å². The minimum atomic E-state index is -0.195. The van der Waals surface area contributed by atoms with E-state index >= 15 is 0 Å². The van der Waals surface area contributed by atoms with Crippen molar-refractivity contribution < 1.29 is 9.53 Å². The Balaban J connectivity index is 1.66. The Hall–Kier alpha value is -2.88. The van der Waals surface area contributed by atoms with E-state index in [4.69, 9.17) is 4.74 Å². The predicted molar refractivity (Wildman–Crippen MR) is 89.7 cm³/mol. The topological polar surface area (TPSA) is 51.2 Å². The van der Waals surface area contributed by atoms with Crippen molar-refractivity contribution in [2.75, 3.05) is 11.9 Å². The lowest BCUT2D eigenvalue weighted by molar-refractivity contribution is -0.118. The average Bonchev–Trinajstić information content (AvgIpc) is 2.61. The fourth-order valence-corrected chi connectivity index (χ4v) is 3.04. The van der Waals surface area contributed by atoms with Crippen molar-refractivity contribution in [3.63, 3.8) is 0 Å². The highest BCUT2D eigenvalue weighted by Gasteiger charge is 2.27. The first-order valence-corrected chi connectivity index (χ1v) is 7.69. The van der Waals surface area contributed by atoms with Crippen molar-refractivity contribution in [2.24, 2.45) is 0 Å². The molecule has 0 saturated carbocycles. The lowest BCUT2D eigenvalue weighted by Gasteiger charge is -2.25. The molecule has 23 heavy (non-hydrogen) atoms. The van der Waals surface area contributed by atoms with Gasteiger partial charge >= 0.3 is 0 Å². The molecule has 2 heterocycles. The first-order chi connectivity index (χ1) is 11.3. The van der Waals surface area contributed by atoms with Gasteiger partial charge in [-0.2, -0.15) is 0 Å². The van der Waals surface area contributed by atoms with Gasteiger partial charge in [0.2, 0.25) is 5.91 Å². The summed E-state index contributed by atoms with van der Waals surface area (Å²) < 4.78 is 5.63. The van der Waals surface area contributed by atoms with Gasteiger partial charge in [-0.3, -0.25) is 9.78 Å². The Kier molecular flexibility index (Phi) is 3.42. The van der Waals surface area contributed by atoms with E-state index in [1.54, 1.807) is 6.20 Å². The second-order valence-corrected chi connectivity index (χ2v) is 5.60. The van der Waals surface area contributed by atoms with E-state index in [1.807, 2.05) is 54.6 Å². The Bertz CT molecular complexity index is 871. The molecule has 4 nitrogen and oxygen atoms in total. The standard InChI is InChI=1S/C19H16N2O2/c22-19(15-10-12-23-17-9-2-1-7-14(15)17)21-16-8-3-5-13-6-4-11-20-18(13)16/h1-9,11,15H,10,12H2,(H,21,22). The number of benzene rings is 2. The van der Waals surface area contributed by atoms with Crippen LogP contribution in [0.25, 0.3) is 10.9 Å². The number of hydrogen-bond acceptors (Lipinski definition) is 3. The fourth-order valence-electron chi connectivity index (χ4n) is 3.04. The molecule has 0 radical (unpaired) electrons. The van der Waals surface area contributed by atoms with Crippen LogP contribution in [0, 0.1) is 0 Å². The number of carbonyl (C=O) groups is 1. The van der Waals surface area contributed by atoms with E-state index in [0.29, 0.717) is 13.0 Å². The molecule has 1 aliphatic rings. The van der Waals surface area contributed by atoms with Crippen LogP contribution in [-0.4, -0.2) is 17.5 Å². The van der Waals surface area contributed by atoms with Crippen molar-refractivity contribution in [1.82, 2.24) is 4.98 Å². The van der Waals surface area contributed by atoms with Crippen LogP contribution < -0.4 is 10.1 Å². The highest BCUT2D eigenvalue weighted by molar-refractivity contribution is 6.03. The number of fused-ring (bicyclic) bond motifs is 2. The number of nitrogens with zero attached hydrogens (tertiary/aromatic N) is 1. The second-order valence-electron chi connectivity index (χ2n) is 5.60. The molecule has 0 aliphatic carbocycles. The van der Waals surface area contributed by atoms with Gasteiger partial charge in [-0.1, -0.05) is 36.4 Å². The smallest absolute Gasteiger partial charge is 0.232 e. The molecule has 0 spiro atoms. The van der Waals surface area contributed by atoms with Crippen molar-refractivity contribution in [3.05, 3.63) is 66.4 Å². The van der Waals surface area contributed by atoms with E-state index in [0.717, 1.165) is 27.9 Å². The number of ether oxygens (including phenoxy) is 1. The maximum atomic E-state index is 12.8. The monoisotopic (exact) mass is 304 g/mol. The second kappa shape index (κ2) is 5.72. The summed E-state index contributed by atoms with van der Waals surface area (Å²) >= 11 is 0. The summed E-state index contributed by atoms with van der Waals surface area (Å²) in [4.78, 5) is 17.2. The van der Waals surface area contributed by atoms with E-state index in [9.17, 15) is 4.79 Å². The molecule has 2 aromatic carbocycles. The number of pyridine rings is 1. The molecule has 114 valence electrons. The van der Waals surface area contributed by atoms with Crippen LogP contribution in [0.2, 0.25) is 0 Å². The highest BCUT2D eigenvalue weighted by Crippen LogP contribution is 2.34. The molecule has 1 N–H and O–H groups in total. The number of carbonyl (C=O) groups excluding carboxylic acids is 1. The van der Waals surface area contributed by atoms with Crippen molar-refractivity contribution in [3.8, 4) is 5.75 Å². The number of para-hydroxylation sites is 2. The van der Waals surface area contributed by atoms with E-state index in [-0.39, 0.29) is 11.8 Å². The summed E-state index contributed by atoms with van der Waals surface area (Å²) in [7, 11) is 0. The van der Waals surface area contributed by atoms with Gasteiger partial charge in [0.1, 0.15) is 5.75 Å². The van der Waals surface area contributed by atoms with Gasteiger partial charge in [-0.05, 0) is 24.6 Å². The van der Waals surface area contributed by atoms with Crippen LogP contribution in [0.3, 0.4) is 0 Å². The summed E-state index contributed by atoms with van der Waals surface area (Å²) in [5.74, 6) is 0.591. The van der Waals surface area contributed by atoms with Gasteiger partial charge < -0.3 is 10.1 Å². The van der Waals surface area contributed by atoms with Gasteiger partial charge in [0, 0.05) is 17.1 Å². The molecule has 3 aromatic rings. The normalized spacial score (nSPS) is 16.4. The lowest BCUT2D eigenvalue weighted by Crippen LogP contribution is -2.26. The molecule has 1 amide bonds. The van der Waals surface area contributed by atoms with Crippen molar-refractivity contribution in [2.45, 2.75) is 12.3 Å². The Labute approximate surface area is 134 Å². The Morgan fingerprint density at radius 1 is 1.09 bits per heavy atom. The van der Waals surface area contributed by atoms with E-state index in [1.165, 1.54) is 0 Å². The third-order valence-corrected chi connectivity index (χ3v) is 4.17. The molecular formula is C19H16N2O2. The van der Waals surface area contributed by atoms with Crippen LogP contribution in [0.1, 0.15) is 17.9 Å². The van der Waals surface area contributed by atoms with Gasteiger partial charge in [-0.25, -0.2) is 0 Å². The minimum Gasteiger partial charge on any atom is -0.493 e. The van der Waals surface area contributed by atoms with Crippen LogP contribution in [0.15, 0.2) is 60.8 Å². The number of amides is 1. The number of hydrogen-bond donors (Lipinski definition) is 1. The molecular weight excluding hydrogens is 288 g/mol. The van der Waals surface area contributed by atoms with Gasteiger partial charge in [0.25, 0.3) is 0 Å². The first kappa shape index (κ1) is 13.8. The molecule has 1 unspecified atom stereocenters. The number of nitrogens with one attached hydrogen (secondary N) is 1. The van der Waals surface area contributed by atoms with Gasteiger partial charge in [0.05, 0.1) is 23.7 Å². The summed E-state index contributed by atoms with van der Waals surface area (Å²) in [6.45, 7) is 0.558. The van der Waals surface area contributed by atoms with Gasteiger partial charge in [-0.15, -0.1) is 0 Å². The number of anilines is 1. The minimum absolute atomic E-state index is 0.0149. The van der Waals surface area contributed by atoms with Crippen LogP contribution in [0.5, 0.6) is 5.75 Å². The summed E-state index contributed by atoms with van der Waals surface area (Å²) in [6, 6.07) is 17.4. The van der Waals surface area contributed by atoms with E-state index in [2.05, 4.69) is 10.3 Å². The maximum Gasteiger partial charge on any atom is 0.232 e. The summed E-state index contributed by atoms with van der Waals surface area (Å²) in [5, 5.41) is 4.05. The summed E-state index contributed by atoms with van der Waals surface area (Å²) in [6.07, 6.45) is 2.42. The maximum absolute atomic E-state index is 12.8. The zero-order chi connectivity index (χ0) is 15.6. The molecule has 4 rings (SSSR count). The fraction of sp³-hybridized carbons (Fsp3) is 0.158. The molecule has 0 saturated heterocycles. The predicted octanol–water partition coefficient (Wildman–Crippen LogP) is 3.74. The average molecular weight is 304 g/mol. The van der Waals surface area contributed by atoms with Crippen LogP contribution >= 0.6 is 0 Å². The van der Waals surface area contributed by atoms with Crippen LogP contribution in [-0.2, 0) is 4.79 Å². The third kappa shape index (κ3) is 2.52. The quantitative estimate of drug-likeness (QED) is 0.784. The zero-order valence-corrected chi connectivity index (χ0v) is 12.5. The first-order valence-electron chi connectivity index (χ1n) is 7.69. The Morgan fingerprint density at radius 2 is 1.96 bits per heavy atom. The SMILES string of the molecule is O=C(Nc1cccc2cccnc12)C1CCOc2ccccc21. The zero-order valence-electron chi connectivity index (χ0n) is 12.5. The molecule has 1 atom stereocenters. The van der Waals surface area contributed by atoms with Crippen molar-refractivity contribution >= 4 is 22.5 Å². The molecule has 0 fully saturated rings. The molecule has 1 aromatic heterocycles. The molecule has 4 heteroatoms. The third-order valence-electron chi connectivity index (χ3n) is 4.17. The largest absolute Gasteiger partial charge is 0.493 e. The molecule has 1 aliphatic heterocycles. The highest BCUT2D eigenvalue weighted by atomic mass is 16.5. The number of rotatable bonds is 2.